The second-order valence-electron chi connectivity index (χ2n) is 4.49. The van der Waals surface area contributed by atoms with Gasteiger partial charge in [0.05, 0.1) is 13.7 Å². The summed E-state index contributed by atoms with van der Waals surface area (Å²) in [4.78, 5) is 0.684. The van der Waals surface area contributed by atoms with Gasteiger partial charge in [0.25, 0.3) is 0 Å². The molecule has 1 aliphatic rings. The van der Waals surface area contributed by atoms with E-state index < -0.39 is 0 Å². The van der Waals surface area contributed by atoms with Crippen LogP contribution in [0, 0.1) is 5.92 Å². The lowest BCUT2D eigenvalue weighted by Crippen LogP contribution is -2.05. The molecule has 17 heavy (non-hydrogen) atoms. The summed E-state index contributed by atoms with van der Waals surface area (Å²) in [5.74, 6) is 2.57. The van der Waals surface area contributed by atoms with E-state index >= 15 is 0 Å². The fraction of sp³-hybridized carbons (Fsp3) is 0.571. The highest BCUT2D eigenvalue weighted by Gasteiger charge is 2.28. The third-order valence-electron chi connectivity index (χ3n) is 3.08. The molecule has 1 aromatic rings. The second kappa shape index (κ2) is 6.29. The second-order valence-corrected chi connectivity index (χ2v) is 5.67. The molecule has 0 N–H and O–H groups in total. The van der Waals surface area contributed by atoms with Crippen LogP contribution >= 0.6 is 15.9 Å². The third kappa shape index (κ3) is 3.91. The van der Waals surface area contributed by atoms with Gasteiger partial charge in [-0.3, -0.25) is 0 Å². The predicted octanol–water partition coefficient (Wildman–Crippen LogP) is 4.03. The van der Waals surface area contributed by atoms with Crippen LogP contribution in [0.25, 0.3) is 0 Å². The Kier molecular flexibility index (Phi) is 4.72. The van der Waals surface area contributed by atoms with Crippen molar-refractivity contribution in [3.8, 4) is 11.5 Å². The molecule has 0 saturated heterocycles. The molecule has 1 aromatic carbocycles. The molecule has 1 atom stereocenters. The SMILES string of the molecule is COc1ccccc1OCCCC(Br)C1CC1. The Labute approximate surface area is 111 Å². The molecule has 1 aliphatic carbocycles. The van der Waals surface area contributed by atoms with Crippen LogP contribution in [0.4, 0.5) is 0 Å². The van der Waals surface area contributed by atoms with Crippen molar-refractivity contribution in [2.45, 2.75) is 30.5 Å². The molecule has 0 bridgehead atoms. The average molecular weight is 299 g/mol. The number of rotatable bonds is 7. The van der Waals surface area contributed by atoms with Gasteiger partial charge in [-0.15, -0.1) is 0 Å². The molecule has 0 aliphatic heterocycles. The van der Waals surface area contributed by atoms with Gasteiger partial charge in [-0.1, -0.05) is 28.1 Å². The Balaban J connectivity index is 1.70. The monoisotopic (exact) mass is 298 g/mol. The molecule has 2 rings (SSSR count). The van der Waals surface area contributed by atoms with Gasteiger partial charge in [-0.25, -0.2) is 0 Å². The summed E-state index contributed by atoms with van der Waals surface area (Å²) in [6.45, 7) is 0.759. The van der Waals surface area contributed by atoms with Crippen molar-refractivity contribution in [2.75, 3.05) is 13.7 Å². The van der Waals surface area contributed by atoms with Gasteiger partial charge in [0.15, 0.2) is 11.5 Å². The first-order valence-electron chi connectivity index (χ1n) is 6.21. The number of alkyl halides is 1. The zero-order valence-corrected chi connectivity index (χ0v) is 11.8. The maximum atomic E-state index is 5.73. The molecule has 0 heterocycles. The molecular weight excluding hydrogens is 280 g/mol. The maximum absolute atomic E-state index is 5.73. The average Bonchev–Trinajstić information content (AvgIpc) is 3.19. The Morgan fingerprint density at radius 1 is 1.29 bits per heavy atom. The Morgan fingerprint density at radius 3 is 2.65 bits per heavy atom. The highest BCUT2D eigenvalue weighted by molar-refractivity contribution is 9.09. The predicted molar refractivity (Wildman–Crippen MR) is 73.2 cm³/mol. The van der Waals surface area contributed by atoms with Gasteiger partial charge >= 0.3 is 0 Å². The van der Waals surface area contributed by atoms with Crippen LogP contribution in [0.1, 0.15) is 25.7 Å². The number of hydrogen-bond donors (Lipinski definition) is 0. The molecule has 1 saturated carbocycles. The molecule has 0 spiro atoms. The number of methoxy groups -OCH3 is 1. The van der Waals surface area contributed by atoms with Crippen molar-refractivity contribution in [2.24, 2.45) is 5.92 Å². The molecule has 0 aromatic heterocycles. The number of benzene rings is 1. The summed E-state index contributed by atoms with van der Waals surface area (Å²) in [6.07, 6.45) is 5.07. The van der Waals surface area contributed by atoms with E-state index in [0.29, 0.717) is 4.83 Å². The van der Waals surface area contributed by atoms with Crippen LogP contribution in [0.15, 0.2) is 24.3 Å². The summed E-state index contributed by atoms with van der Waals surface area (Å²) >= 11 is 3.74. The zero-order valence-electron chi connectivity index (χ0n) is 10.2. The zero-order chi connectivity index (χ0) is 12.1. The Bertz CT molecular complexity index is 350. The minimum Gasteiger partial charge on any atom is -0.493 e. The summed E-state index contributed by atoms with van der Waals surface area (Å²) in [5, 5.41) is 0. The largest absolute Gasteiger partial charge is 0.493 e. The molecule has 94 valence electrons. The van der Waals surface area contributed by atoms with E-state index in [9.17, 15) is 0 Å². The highest BCUT2D eigenvalue weighted by Crippen LogP contribution is 2.38. The molecule has 2 nitrogen and oxygen atoms in total. The smallest absolute Gasteiger partial charge is 0.161 e. The van der Waals surface area contributed by atoms with Crippen molar-refractivity contribution in [3.05, 3.63) is 24.3 Å². The van der Waals surface area contributed by atoms with Crippen LogP contribution in [-0.4, -0.2) is 18.5 Å². The topological polar surface area (TPSA) is 18.5 Å². The van der Waals surface area contributed by atoms with Crippen molar-refractivity contribution < 1.29 is 9.47 Å². The van der Waals surface area contributed by atoms with Crippen LogP contribution in [-0.2, 0) is 0 Å². The van der Waals surface area contributed by atoms with Gasteiger partial charge in [0, 0.05) is 4.83 Å². The first kappa shape index (κ1) is 12.7. The first-order valence-corrected chi connectivity index (χ1v) is 7.12. The lowest BCUT2D eigenvalue weighted by atomic mass is 10.2. The standard InChI is InChI=1S/C14H19BrO2/c1-16-13-6-2-3-7-14(13)17-10-4-5-12(15)11-8-9-11/h2-3,6-7,11-12H,4-5,8-10H2,1H3. The fourth-order valence-corrected chi connectivity index (χ4v) is 2.74. The van der Waals surface area contributed by atoms with E-state index in [1.807, 2.05) is 24.3 Å². The van der Waals surface area contributed by atoms with Crippen molar-refractivity contribution in [3.63, 3.8) is 0 Å². The van der Waals surface area contributed by atoms with Crippen molar-refractivity contribution >= 4 is 15.9 Å². The van der Waals surface area contributed by atoms with Gasteiger partial charge in [0.1, 0.15) is 0 Å². The highest BCUT2D eigenvalue weighted by atomic mass is 79.9. The van der Waals surface area contributed by atoms with Gasteiger partial charge in [0.2, 0.25) is 0 Å². The van der Waals surface area contributed by atoms with Crippen molar-refractivity contribution in [1.82, 2.24) is 0 Å². The third-order valence-corrected chi connectivity index (χ3v) is 4.29. The number of halogens is 1. The van der Waals surface area contributed by atoms with Crippen LogP contribution in [0.3, 0.4) is 0 Å². The lowest BCUT2D eigenvalue weighted by Gasteiger charge is -2.11. The number of para-hydroxylation sites is 2. The molecule has 0 amide bonds. The molecule has 1 unspecified atom stereocenters. The Morgan fingerprint density at radius 2 is 2.00 bits per heavy atom. The summed E-state index contributed by atoms with van der Waals surface area (Å²) in [5.41, 5.74) is 0. The van der Waals surface area contributed by atoms with Crippen LogP contribution in [0.2, 0.25) is 0 Å². The van der Waals surface area contributed by atoms with E-state index in [1.165, 1.54) is 19.3 Å². The van der Waals surface area contributed by atoms with Crippen molar-refractivity contribution in [1.29, 1.82) is 0 Å². The maximum Gasteiger partial charge on any atom is 0.161 e. The quantitative estimate of drug-likeness (QED) is 0.559. The number of hydrogen-bond acceptors (Lipinski definition) is 2. The minimum absolute atomic E-state index is 0.684. The van der Waals surface area contributed by atoms with E-state index in [4.69, 9.17) is 9.47 Å². The lowest BCUT2D eigenvalue weighted by molar-refractivity contribution is 0.285. The minimum atomic E-state index is 0.684. The Hall–Kier alpha value is -0.700. The van der Waals surface area contributed by atoms with Gasteiger partial charge in [-0.05, 0) is 43.7 Å². The van der Waals surface area contributed by atoms with Crippen LogP contribution < -0.4 is 9.47 Å². The fourth-order valence-electron chi connectivity index (χ4n) is 1.89. The molecular formula is C14H19BrO2. The normalized spacial score (nSPS) is 16.6. The number of ether oxygens (including phenoxy) is 2. The summed E-state index contributed by atoms with van der Waals surface area (Å²) in [6, 6.07) is 7.79. The van der Waals surface area contributed by atoms with E-state index in [1.54, 1.807) is 7.11 Å². The van der Waals surface area contributed by atoms with Crippen LogP contribution in [0.5, 0.6) is 11.5 Å². The van der Waals surface area contributed by atoms with Gasteiger partial charge in [-0.2, -0.15) is 0 Å². The van der Waals surface area contributed by atoms with Gasteiger partial charge < -0.3 is 9.47 Å². The molecule has 1 fully saturated rings. The van der Waals surface area contributed by atoms with E-state index in [0.717, 1.165) is 30.4 Å². The summed E-state index contributed by atoms with van der Waals surface area (Å²) < 4.78 is 11.0. The molecule has 3 heteroatoms. The first-order chi connectivity index (χ1) is 8.31. The van der Waals surface area contributed by atoms with E-state index in [2.05, 4.69) is 15.9 Å². The summed E-state index contributed by atoms with van der Waals surface area (Å²) in [7, 11) is 1.67. The molecule has 0 radical (unpaired) electrons. The van der Waals surface area contributed by atoms with E-state index in [-0.39, 0.29) is 0 Å².